The number of anilines is 1. The number of halogens is 1. The van der Waals surface area contributed by atoms with E-state index in [-0.39, 0.29) is 5.56 Å². The minimum Gasteiger partial charge on any atom is -0.326 e. The van der Waals surface area contributed by atoms with Crippen molar-refractivity contribution >= 4 is 17.6 Å². The van der Waals surface area contributed by atoms with Gasteiger partial charge in [-0.1, -0.05) is 32.0 Å². The van der Waals surface area contributed by atoms with E-state index >= 15 is 0 Å². The molecule has 0 saturated heterocycles. The van der Waals surface area contributed by atoms with E-state index in [2.05, 4.69) is 34.6 Å². The molecular weight excluding hydrogens is 417 g/mol. The maximum absolute atomic E-state index is 14.0. The Balaban J connectivity index is 1.80. The van der Waals surface area contributed by atoms with E-state index in [0.717, 1.165) is 22.6 Å². The molecule has 33 heavy (non-hydrogen) atoms. The van der Waals surface area contributed by atoms with E-state index in [0.29, 0.717) is 30.4 Å². The monoisotopic (exact) mass is 449 g/mol. The molecule has 6 nitrogen and oxygen atoms in total. The van der Waals surface area contributed by atoms with Crippen LogP contribution in [0, 0.1) is 26.6 Å². The summed E-state index contributed by atoms with van der Waals surface area (Å²) in [4.78, 5) is 17.4. The molecule has 0 fully saturated rings. The summed E-state index contributed by atoms with van der Waals surface area (Å²) < 4.78 is 15.8. The van der Waals surface area contributed by atoms with Crippen LogP contribution in [0.4, 0.5) is 10.1 Å². The molecule has 3 aromatic rings. The number of carbonyl (C=O) groups excluding carboxylic acids is 1. The molecule has 0 aliphatic carbocycles. The second kappa shape index (κ2) is 10.4. The van der Waals surface area contributed by atoms with Crippen LogP contribution in [0.2, 0.25) is 0 Å². The number of hydrogen-bond donors (Lipinski definition) is 2. The Labute approximate surface area is 194 Å². The Kier molecular flexibility index (Phi) is 7.63. The molecule has 0 radical (unpaired) electrons. The fraction of sp³-hybridized carbons (Fsp3) is 0.346. The zero-order chi connectivity index (χ0) is 24.1. The van der Waals surface area contributed by atoms with Crippen molar-refractivity contribution in [3.8, 4) is 0 Å². The highest BCUT2D eigenvalue weighted by molar-refractivity contribution is 6.10. The highest BCUT2D eigenvalue weighted by atomic mass is 19.1. The molecule has 3 rings (SSSR count). The van der Waals surface area contributed by atoms with Gasteiger partial charge in [0, 0.05) is 30.5 Å². The van der Waals surface area contributed by atoms with E-state index in [4.69, 9.17) is 0 Å². The number of amides is 1. The molecule has 1 amide bonds. The number of guanidine groups is 1. The third-order valence-corrected chi connectivity index (χ3v) is 5.80. The molecule has 174 valence electrons. The quantitative estimate of drug-likeness (QED) is 0.409. The molecule has 0 atom stereocenters. The van der Waals surface area contributed by atoms with Gasteiger partial charge >= 0.3 is 0 Å². The van der Waals surface area contributed by atoms with Crippen LogP contribution in [0.15, 0.2) is 47.5 Å². The summed E-state index contributed by atoms with van der Waals surface area (Å²) in [7, 11) is 1.92. The first-order valence-electron chi connectivity index (χ1n) is 11.1. The maximum atomic E-state index is 14.0. The molecule has 0 unspecified atom stereocenters. The summed E-state index contributed by atoms with van der Waals surface area (Å²) in [5, 5.41) is 10.4. The lowest BCUT2D eigenvalue weighted by molar-refractivity contribution is 0.0976. The van der Waals surface area contributed by atoms with Crippen LogP contribution in [0.1, 0.15) is 58.2 Å². The van der Waals surface area contributed by atoms with E-state index in [1.54, 1.807) is 19.1 Å². The van der Waals surface area contributed by atoms with Crippen molar-refractivity contribution in [3.05, 3.63) is 81.9 Å². The molecule has 7 heteroatoms. The molecule has 1 heterocycles. The standard InChI is InChI=1S/C26H32FN5O/c1-16(2)20-9-11-22(12-10-20)29-26(28-14-13-23-18(4)31-32(6)19(23)5)30-25(33)21-8-7-17(3)24(27)15-21/h7-12,15-16H,13-14H2,1-6H3,(H2,28,29,30,33). The zero-order valence-electron chi connectivity index (χ0n) is 20.2. The van der Waals surface area contributed by atoms with Crippen LogP contribution in [-0.4, -0.2) is 28.2 Å². The van der Waals surface area contributed by atoms with Crippen molar-refractivity contribution < 1.29 is 9.18 Å². The Morgan fingerprint density at radius 1 is 1.12 bits per heavy atom. The number of nitrogens with one attached hydrogen (secondary N) is 2. The first-order valence-corrected chi connectivity index (χ1v) is 11.1. The van der Waals surface area contributed by atoms with Gasteiger partial charge in [0.05, 0.1) is 5.69 Å². The van der Waals surface area contributed by atoms with E-state index in [9.17, 15) is 9.18 Å². The van der Waals surface area contributed by atoms with Crippen molar-refractivity contribution in [2.45, 2.75) is 47.0 Å². The Bertz CT molecular complexity index is 1160. The lowest BCUT2D eigenvalue weighted by Gasteiger charge is -2.13. The fourth-order valence-electron chi connectivity index (χ4n) is 3.57. The summed E-state index contributed by atoms with van der Waals surface area (Å²) in [5.74, 6) is -0.0969. The van der Waals surface area contributed by atoms with Crippen molar-refractivity contribution in [1.82, 2.24) is 15.1 Å². The van der Waals surface area contributed by atoms with Crippen LogP contribution < -0.4 is 10.6 Å². The number of benzene rings is 2. The highest BCUT2D eigenvalue weighted by Gasteiger charge is 2.13. The Hall–Kier alpha value is -3.48. The number of rotatable bonds is 6. The summed E-state index contributed by atoms with van der Waals surface area (Å²) >= 11 is 0. The lowest BCUT2D eigenvalue weighted by atomic mass is 10.0. The Morgan fingerprint density at radius 2 is 1.82 bits per heavy atom. The zero-order valence-corrected chi connectivity index (χ0v) is 20.2. The smallest absolute Gasteiger partial charge is 0.258 e. The molecule has 0 aliphatic rings. The normalized spacial score (nSPS) is 11.7. The number of aliphatic imine (C=N–C) groups is 1. The lowest BCUT2D eigenvalue weighted by Crippen LogP contribution is -2.36. The molecule has 0 aliphatic heterocycles. The molecule has 0 saturated carbocycles. The summed E-state index contributed by atoms with van der Waals surface area (Å²) in [6.07, 6.45) is 0.692. The third kappa shape index (κ3) is 6.06. The third-order valence-electron chi connectivity index (χ3n) is 5.80. The summed E-state index contributed by atoms with van der Waals surface area (Å²) in [6.45, 7) is 10.4. The van der Waals surface area contributed by atoms with Gasteiger partial charge in [-0.2, -0.15) is 5.10 Å². The molecular formula is C26H32FN5O. The van der Waals surface area contributed by atoms with Gasteiger partial charge in [0.2, 0.25) is 5.96 Å². The van der Waals surface area contributed by atoms with Crippen LogP contribution in [0.25, 0.3) is 0 Å². The van der Waals surface area contributed by atoms with E-state index in [1.165, 1.54) is 11.6 Å². The molecule has 1 aromatic heterocycles. The number of nitrogens with zero attached hydrogens (tertiary/aromatic N) is 3. The van der Waals surface area contributed by atoms with Crippen molar-refractivity contribution in [1.29, 1.82) is 0 Å². The second-order valence-corrected chi connectivity index (χ2v) is 8.57. The van der Waals surface area contributed by atoms with Crippen molar-refractivity contribution in [3.63, 3.8) is 0 Å². The molecule has 2 aromatic carbocycles. The number of aryl methyl sites for hydroxylation is 3. The van der Waals surface area contributed by atoms with Gasteiger partial charge in [-0.15, -0.1) is 0 Å². The largest absolute Gasteiger partial charge is 0.326 e. The highest BCUT2D eigenvalue weighted by Crippen LogP contribution is 2.17. The van der Waals surface area contributed by atoms with E-state index < -0.39 is 11.7 Å². The Morgan fingerprint density at radius 3 is 2.39 bits per heavy atom. The van der Waals surface area contributed by atoms with Crippen LogP contribution in [-0.2, 0) is 13.5 Å². The average Bonchev–Trinajstić information content (AvgIpc) is 3.01. The van der Waals surface area contributed by atoms with Gasteiger partial charge in [-0.3, -0.25) is 19.8 Å². The van der Waals surface area contributed by atoms with Crippen molar-refractivity contribution in [2.24, 2.45) is 12.0 Å². The van der Waals surface area contributed by atoms with E-state index in [1.807, 2.05) is 49.8 Å². The van der Waals surface area contributed by atoms with Crippen LogP contribution in [0.3, 0.4) is 0 Å². The molecule has 2 N–H and O–H groups in total. The first kappa shape index (κ1) is 24.2. The SMILES string of the molecule is Cc1ccc(C(=O)NC(=NCCc2c(C)nn(C)c2C)Nc2ccc(C(C)C)cc2)cc1F. The summed E-state index contributed by atoms with van der Waals surface area (Å²) in [6, 6.07) is 12.4. The number of carbonyl (C=O) groups is 1. The molecule has 0 bridgehead atoms. The minimum absolute atomic E-state index is 0.238. The molecule has 0 spiro atoms. The fourth-order valence-corrected chi connectivity index (χ4v) is 3.57. The summed E-state index contributed by atoms with van der Waals surface area (Å²) in [5.41, 5.74) is 5.98. The van der Waals surface area contributed by atoms with Gasteiger partial charge in [0.1, 0.15) is 5.82 Å². The van der Waals surface area contributed by atoms with Gasteiger partial charge in [0.15, 0.2) is 0 Å². The van der Waals surface area contributed by atoms with Crippen molar-refractivity contribution in [2.75, 3.05) is 11.9 Å². The first-order chi connectivity index (χ1) is 15.7. The van der Waals surface area contributed by atoms with Gasteiger partial charge in [-0.25, -0.2) is 4.39 Å². The second-order valence-electron chi connectivity index (χ2n) is 8.57. The topological polar surface area (TPSA) is 71.3 Å². The minimum atomic E-state index is -0.423. The van der Waals surface area contributed by atoms with Gasteiger partial charge in [-0.05, 0) is 74.1 Å². The number of aromatic nitrogens is 2. The van der Waals surface area contributed by atoms with Crippen LogP contribution >= 0.6 is 0 Å². The maximum Gasteiger partial charge on any atom is 0.258 e. The number of hydrogen-bond acceptors (Lipinski definition) is 3. The van der Waals surface area contributed by atoms with Gasteiger partial charge < -0.3 is 5.32 Å². The average molecular weight is 450 g/mol. The van der Waals surface area contributed by atoms with Gasteiger partial charge in [0.25, 0.3) is 5.91 Å². The predicted octanol–water partition coefficient (Wildman–Crippen LogP) is 5.05. The van der Waals surface area contributed by atoms with Crippen LogP contribution in [0.5, 0.6) is 0 Å². The predicted molar refractivity (Wildman–Crippen MR) is 131 cm³/mol.